The van der Waals surface area contributed by atoms with Gasteiger partial charge in [-0.2, -0.15) is 0 Å². The molecule has 0 aliphatic heterocycles. The fraction of sp³-hybridized carbons (Fsp3) is 0.0714. The molecular formula is C14H12N2O6S. The summed E-state index contributed by atoms with van der Waals surface area (Å²) in [5.74, 6) is -1.47. The summed E-state index contributed by atoms with van der Waals surface area (Å²) in [6.45, 7) is -0.221. The topological polar surface area (TPSA) is 134 Å². The standard InChI is InChI=1S/C14H12N2O6S/c17-8-10-6-12(1-2-13(10)18)23(21,22)16-7-11-5-9(14(19)20)3-4-15-11/h1-6,8,16,18H,7H2,(H,19,20). The van der Waals surface area contributed by atoms with Crippen molar-refractivity contribution in [3.8, 4) is 5.75 Å². The average Bonchev–Trinajstić information content (AvgIpc) is 2.53. The number of carbonyl (C=O) groups excluding carboxylic acids is 1. The van der Waals surface area contributed by atoms with E-state index in [9.17, 15) is 23.1 Å². The second kappa shape index (κ2) is 6.55. The molecule has 0 radical (unpaired) electrons. The summed E-state index contributed by atoms with van der Waals surface area (Å²) in [7, 11) is -3.95. The van der Waals surface area contributed by atoms with E-state index in [1.807, 2.05) is 0 Å². The minimum absolute atomic E-state index is 0.0120. The molecule has 0 spiro atoms. The molecule has 0 bridgehead atoms. The molecule has 0 aliphatic rings. The highest BCUT2D eigenvalue weighted by Crippen LogP contribution is 2.19. The van der Waals surface area contributed by atoms with Gasteiger partial charge in [0, 0.05) is 6.20 Å². The van der Waals surface area contributed by atoms with Crippen LogP contribution in [0.5, 0.6) is 5.75 Å². The first-order valence-electron chi connectivity index (χ1n) is 6.29. The number of nitrogens with zero attached hydrogens (tertiary/aromatic N) is 1. The first kappa shape index (κ1) is 16.6. The molecule has 2 rings (SSSR count). The maximum absolute atomic E-state index is 12.2. The van der Waals surface area contributed by atoms with Gasteiger partial charge in [0.2, 0.25) is 10.0 Å². The number of rotatable bonds is 6. The van der Waals surface area contributed by atoms with E-state index in [1.165, 1.54) is 18.3 Å². The van der Waals surface area contributed by atoms with E-state index in [1.54, 1.807) is 0 Å². The van der Waals surface area contributed by atoms with Crippen LogP contribution in [0.3, 0.4) is 0 Å². The lowest BCUT2D eigenvalue weighted by Gasteiger charge is -2.08. The van der Waals surface area contributed by atoms with Crippen LogP contribution < -0.4 is 4.72 Å². The number of hydrogen-bond donors (Lipinski definition) is 3. The monoisotopic (exact) mass is 336 g/mol. The highest BCUT2D eigenvalue weighted by Gasteiger charge is 2.16. The van der Waals surface area contributed by atoms with Crippen molar-refractivity contribution < 1.29 is 28.2 Å². The SMILES string of the molecule is O=Cc1cc(S(=O)(=O)NCc2cc(C(=O)O)ccn2)ccc1O. The predicted molar refractivity (Wildman–Crippen MR) is 78.7 cm³/mol. The first-order chi connectivity index (χ1) is 10.8. The summed E-state index contributed by atoms with van der Waals surface area (Å²) in [4.78, 5) is 25.3. The van der Waals surface area contributed by atoms with Crippen molar-refractivity contribution in [1.82, 2.24) is 9.71 Å². The maximum atomic E-state index is 12.2. The number of aromatic hydroxyl groups is 1. The lowest BCUT2D eigenvalue weighted by molar-refractivity contribution is 0.0696. The van der Waals surface area contributed by atoms with Crippen LogP contribution in [0.25, 0.3) is 0 Å². The van der Waals surface area contributed by atoms with Gasteiger partial charge in [-0.1, -0.05) is 0 Å². The van der Waals surface area contributed by atoms with Gasteiger partial charge in [0.25, 0.3) is 0 Å². The molecule has 0 saturated carbocycles. The molecule has 0 fully saturated rings. The number of carbonyl (C=O) groups is 2. The van der Waals surface area contributed by atoms with Gasteiger partial charge < -0.3 is 10.2 Å². The second-order valence-corrected chi connectivity index (χ2v) is 6.27. The number of sulfonamides is 1. The summed E-state index contributed by atoms with van der Waals surface area (Å²) in [6.07, 6.45) is 1.60. The lowest BCUT2D eigenvalue weighted by Crippen LogP contribution is -2.24. The largest absolute Gasteiger partial charge is 0.507 e. The summed E-state index contributed by atoms with van der Waals surface area (Å²) >= 11 is 0. The summed E-state index contributed by atoms with van der Waals surface area (Å²) < 4.78 is 26.5. The van der Waals surface area contributed by atoms with Crippen LogP contribution in [-0.4, -0.2) is 35.9 Å². The number of carboxylic acid groups (broad SMARTS) is 1. The van der Waals surface area contributed by atoms with E-state index >= 15 is 0 Å². The van der Waals surface area contributed by atoms with Crippen LogP contribution in [0.15, 0.2) is 41.4 Å². The molecule has 0 atom stereocenters. The molecular weight excluding hydrogens is 324 g/mol. The second-order valence-electron chi connectivity index (χ2n) is 4.50. The molecule has 120 valence electrons. The van der Waals surface area contributed by atoms with E-state index in [2.05, 4.69) is 9.71 Å². The van der Waals surface area contributed by atoms with Gasteiger partial charge in [-0.25, -0.2) is 17.9 Å². The predicted octanol–water partition coefficient (Wildman–Crippen LogP) is 0.776. The third-order valence-electron chi connectivity index (χ3n) is 2.94. The summed E-state index contributed by atoms with van der Waals surface area (Å²) in [6, 6.07) is 5.81. The molecule has 8 nitrogen and oxygen atoms in total. The van der Waals surface area contributed by atoms with Gasteiger partial charge in [0.1, 0.15) is 5.75 Å². The van der Waals surface area contributed by atoms with Crippen molar-refractivity contribution in [3.63, 3.8) is 0 Å². The quantitative estimate of drug-likeness (QED) is 0.663. The fourth-order valence-corrected chi connectivity index (χ4v) is 2.79. The minimum Gasteiger partial charge on any atom is -0.507 e. The van der Waals surface area contributed by atoms with Crippen molar-refractivity contribution in [2.75, 3.05) is 0 Å². The Kier molecular flexibility index (Phi) is 4.72. The Labute approximate surface area is 131 Å². The van der Waals surface area contributed by atoms with Crippen LogP contribution in [0.4, 0.5) is 0 Å². The van der Waals surface area contributed by atoms with Gasteiger partial charge in [-0.05, 0) is 30.3 Å². The van der Waals surface area contributed by atoms with Gasteiger partial charge >= 0.3 is 5.97 Å². The van der Waals surface area contributed by atoms with Gasteiger partial charge in [-0.3, -0.25) is 9.78 Å². The normalized spacial score (nSPS) is 11.1. The number of nitrogens with one attached hydrogen (secondary N) is 1. The van der Waals surface area contributed by atoms with Crippen LogP contribution in [0.1, 0.15) is 26.4 Å². The number of benzene rings is 1. The van der Waals surface area contributed by atoms with Crippen LogP contribution in [0.2, 0.25) is 0 Å². The fourth-order valence-electron chi connectivity index (χ4n) is 1.75. The van der Waals surface area contributed by atoms with Crippen molar-refractivity contribution in [2.45, 2.75) is 11.4 Å². The first-order valence-corrected chi connectivity index (χ1v) is 7.78. The Balaban J connectivity index is 2.20. The Morgan fingerprint density at radius 3 is 2.65 bits per heavy atom. The van der Waals surface area contributed by atoms with Gasteiger partial charge in [0.05, 0.1) is 28.3 Å². The van der Waals surface area contributed by atoms with E-state index in [0.29, 0.717) is 6.29 Å². The van der Waals surface area contributed by atoms with Gasteiger partial charge in [-0.15, -0.1) is 0 Å². The molecule has 0 aliphatic carbocycles. The van der Waals surface area contributed by atoms with Crippen molar-refractivity contribution in [2.24, 2.45) is 0 Å². The van der Waals surface area contributed by atoms with Crippen LogP contribution in [-0.2, 0) is 16.6 Å². The smallest absolute Gasteiger partial charge is 0.335 e. The molecule has 2 aromatic rings. The Hall–Kier alpha value is -2.78. The molecule has 3 N–H and O–H groups in total. The highest BCUT2D eigenvalue weighted by molar-refractivity contribution is 7.89. The van der Waals surface area contributed by atoms with Crippen molar-refractivity contribution in [3.05, 3.63) is 53.3 Å². The molecule has 1 aromatic carbocycles. The van der Waals surface area contributed by atoms with E-state index < -0.39 is 16.0 Å². The molecule has 9 heteroatoms. The number of aromatic nitrogens is 1. The summed E-state index contributed by atoms with van der Waals surface area (Å²) in [5.41, 5.74) is 0.0591. The number of phenolic OH excluding ortho intramolecular Hbond substituents is 1. The molecule has 0 unspecified atom stereocenters. The number of pyridine rings is 1. The van der Waals surface area contributed by atoms with Crippen molar-refractivity contribution >= 4 is 22.3 Å². The van der Waals surface area contributed by atoms with E-state index in [-0.39, 0.29) is 34.0 Å². The number of aldehydes is 1. The van der Waals surface area contributed by atoms with Crippen LogP contribution >= 0.6 is 0 Å². The van der Waals surface area contributed by atoms with Crippen LogP contribution in [0, 0.1) is 0 Å². The van der Waals surface area contributed by atoms with E-state index in [4.69, 9.17) is 5.11 Å². The van der Waals surface area contributed by atoms with E-state index in [0.717, 1.165) is 18.2 Å². The highest BCUT2D eigenvalue weighted by atomic mass is 32.2. The summed E-state index contributed by atoms with van der Waals surface area (Å²) in [5, 5.41) is 18.3. The Morgan fingerprint density at radius 2 is 2.00 bits per heavy atom. The number of phenols is 1. The molecule has 0 amide bonds. The molecule has 23 heavy (non-hydrogen) atoms. The van der Waals surface area contributed by atoms with Crippen molar-refractivity contribution in [1.29, 1.82) is 0 Å². The van der Waals surface area contributed by atoms with Gasteiger partial charge in [0.15, 0.2) is 6.29 Å². The maximum Gasteiger partial charge on any atom is 0.335 e. The Morgan fingerprint density at radius 1 is 1.26 bits per heavy atom. The number of carboxylic acids is 1. The number of hydrogen-bond acceptors (Lipinski definition) is 6. The molecule has 1 heterocycles. The third-order valence-corrected chi connectivity index (χ3v) is 4.34. The average molecular weight is 336 g/mol. The zero-order valence-electron chi connectivity index (χ0n) is 11.6. The lowest BCUT2D eigenvalue weighted by atomic mass is 10.2. The molecule has 0 saturated heterocycles. The minimum atomic E-state index is -3.95. The zero-order valence-corrected chi connectivity index (χ0v) is 12.4. The Bertz CT molecular complexity index is 863. The molecule has 1 aromatic heterocycles. The third kappa shape index (κ3) is 3.90. The number of aromatic carboxylic acids is 1. The zero-order chi connectivity index (χ0) is 17.0.